The Morgan fingerprint density at radius 2 is 2.05 bits per heavy atom. The lowest BCUT2D eigenvalue weighted by Gasteiger charge is -2.18. The minimum Gasteiger partial charge on any atom is -0.486 e. The molecule has 3 rings (SSSR count). The summed E-state index contributed by atoms with van der Waals surface area (Å²) in [6, 6.07) is 6.24. The molecule has 1 aliphatic heterocycles. The third kappa shape index (κ3) is 2.43. The van der Waals surface area contributed by atoms with Crippen LogP contribution in [0.5, 0.6) is 11.5 Å². The number of rotatable bonds is 3. The minimum absolute atomic E-state index is 0.274. The first-order chi connectivity index (χ1) is 9.28. The van der Waals surface area contributed by atoms with Crippen molar-refractivity contribution in [2.75, 3.05) is 20.3 Å². The van der Waals surface area contributed by atoms with Gasteiger partial charge in [-0.1, -0.05) is 0 Å². The highest BCUT2D eigenvalue weighted by Gasteiger charge is 2.14. The van der Waals surface area contributed by atoms with Gasteiger partial charge in [-0.2, -0.15) is 0 Å². The molecule has 0 fully saturated rings. The van der Waals surface area contributed by atoms with Gasteiger partial charge in [0.05, 0.1) is 11.7 Å². The fraction of sp³-hybridized carbons (Fsp3) is 0.357. The highest BCUT2D eigenvalue weighted by Crippen LogP contribution is 2.35. The molecule has 0 radical (unpaired) electrons. The minimum atomic E-state index is 0.274. The first kappa shape index (κ1) is 12.4. The van der Waals surface area contributed by atoms with Crippen molar-refractivity contribution in [3.8, 4) is 22.8 Å². The van der Waals surface area contributed by atoms with Crippen molar-refractivity contribution in [3.05, 3.63) is 28.6 Å². The Hall–Kier alpha value is -1.59. The van der Waals surface area contributed by atoms with E-state index in [-0.39, 0.29) is 6.04 Å². The fourth-order valence-corrected chi connectivity index (χ4v) is 2.84. The van der Waals surface area contributed by atoms with Crippen LogP contribution in [0.4, 0.5) is 0 Å². The highest BCUT2D eigenvalue weighted by atomic mass is 32.1. The molecule has 5 heteroatoms. The number of ether oxygens (including phenoxy) is 2. The van der Waals surface area contributed by atoms with Crippen LogP contribution in [0.25, 0.3) is 11.3 Å². The third-order valence-corrected chi connectivity index (χ3v) is 4.19. The molecule has 0 spiro atoms. The van der Waals surface area contributed by atoms with Crippen LogP contribution in [-0.4, -0.2) is 25.2 Å². The SMILES string of the molecule is CNC(C)c1nc(-c2ccc3c(c2)OCCO3)cs1. The van der Waals surface area contributed by atoms with E-state index < -0.39 is 0 Å². The molecule has 0 saturated carbocycles. The van der Waals surface area contributed by atoms with Gasteiger partial charge >= 0.3 is 0 Å². The van der Waals surface area contributed by atoms with Crippen LogP contribution in [0.2, 0.25) is 0 Å². The summed E-state index contributed by atoms with van der Waals surface area (Å²) in [4.78, 5) is 4.66. The monoisotopic (exact) mass is 276 g/mol. The third-order valence-electron chi connectivity index (χ3n) is 3.16. The summed E-state index contributed by atoms with van der Waals surface area (Å²) in [6.07, 6.45) is 0. The molecule has 2 aromatic rings. The molecule has 1 N–H and O–H groups in total. The molecule has 0 aliphatic carbocycles. The summed E-state index contributed by atoms with van der Waals surface area (Å²) in [6.45, 7) is 3.33. The van der Waals surface area contributed by atoms with Gasteiger partial charge in [0.1, 0.15) is 18.2 Å². The summed E-state index contributed by atoms with van der Waals surface area (Å²) in [5.41, 5.74) is 2.05. The molecule has 2 heterocycles. The van der Waals surface area contributed by atoms with Crippen molar-refractivity contribution < 1.29 is 9.47 Å². The second-order valence-corrected chi connectivity index (χ2v) is 5.33. The number of hydrogen-bond donors (Lipinski definition) is 1. The lowest BCUT2D eigenvalue weighted by molar-refractivity contribution is 0.171. The maximum atomic E-state index is 5.60. The Balaban J connectivity index is 1.91. The van der Waals surface area contributed by atoms with E-state index in [0.29, 0.717) is 13.2 Å². The molecule has 1 aromatic carbocycles. The number of nitrogens with zero attached hydrogens (tertiary/aromatic N) is 1. The van der Waals surface area contributed by atoms with Crippen LogP contribution in [0.1, 0.15) is 18.0 Å². The maximum Gasteiger partial charge on any atom is 0.162 e. The quantitative estimate of drug-likeness (QED) is 0.936. The van der Waals surface area contributed by atoms with Crippen LogP contribution < -0.4 is 14.8 Å². The van der Waals surface area contributed by atoms with Gasteiger partial charge in [-0.3, -0.25) is 0 Å². The van der Waals surface area contributed by atoms with E-state index in [1.54, 1.807) is 11.3 Å². The standard InChI is InChI=1S/C14H16N2O2S/c1-9(15-2)14-16-11(8-19-14)10-3-4-12-13(7-10)18-6-5-17-12/h3-4,7-9,15H,5-6H2,1-2H3. The normalized spacial score (nSPS) is 15.3. The van der Waals surface area contributed by atoms with Gasteiger partial charge in [0, 0.05) is 10.9 Å². The van der Waals surface area contributed by atoms with Crippen LogP contribution in [0, 0.1) is 0 Å². The summed E-state index contributed by atoms with van der Waals surface area (Å²) in [7, 11) is 1.94. The number of hydrogen-bond acceptors (Lipinski definition) is 5. The fourth-order valence-electron chi connectivity index (χ4n) is 1.95. The van der Waals surface area contributed by atoms with Crippen LogP contribution >= 0.6 is 11.3 Å². The predicted octanol–water partition coefficient (Wildman–Crippen LogP) is 2.86. The first-order valence-corrected chi connectivity index (χ1v) is 7.18. The predicted molar refractivity (Wildman–Crippen MR) is 76.0 cm³/mol. The summed E-state index contributed by atoms with van der Waals surface area (Å²) in [5, 5.41) is 6.37. The number of nitrogens with one attached hydrogen (secondary N) is 1. The van der Waals surface area contributed by atoms with Gasteiger partial charge in [-0.05, 0) is 32.2 Å². The van der Waals surface area contributed by atoms with E-state index in [1.165, 1.54) is 0 Å². The largest absolute Gasteiger partial charge is 0.486 e. The number of fused-ring (bicyclic) bond motifs is 1. The molecular formula is C14H16N2O2S. The van der Waals surface area contributed by atoms with Gasteiger partial charge in [-0.15, -0.1) is 11.3 Å². The Labute approximate surface area is 116 Å². The second kappa shape index (κ2) is 5.19. The van der Waals surface area contributed by atoms with Gasteiger partial charge in [-0.25, -0.2) is 4.98 Å². The lowest BCUT2D eigenvalue weighted by Crippen LogP contribution is -2.15. The molecule has 19 heavy (non-hydrogen) atoms. The van der Waals surface area contributed by atoms with Crippen molar-refractivity contribution in [1.29, 1.82) is 0 Å². The van der Waals surface area contributed by atoms with Gasteiger partial charge < -0.3 is 14.8 Å². The van der Waals surface area contributed by atoms with Gasteiger partial charge in [0.15, 0.2) is 11.5 Å². The topological polar surface area (TPSA) is 43.4 Å². The average Bonchev–Trinajstić information content (AvgIpc) is 2.95. The Morgan fingerprint density at radius 3 is 2.84 bits per heavy atom. The zero-order chi connectivity index (χ0) is 13.2. The molecule has 4 nitrogen and oxygen atoms in total. The molecule has 0 saturated heterocycles. The molecule has 1 unspecified atom stereocenters. The first-order valence-electron chi connectivity index (χ1n) is 6.30. The summed E-state index contributed by atoms with van der Waals surface area (Å²) >= 11 is 1.67. The molecule has 0 amide bonds. The van der Waals surface area contributed by atoms with E-state index in [0.717, 1.165) is 27.8 Å². The Bertz CT molecular complexity index is 583. The van der Waals surface area contributed by atoms with Gasteiger partial charge in [0.25, 0.3) is 0 Å². The highest BCUT2D eigenvalue weighted by molar-refractivity contribution is 7.10. The van der Waals surface area contributed by atoms with Gasteiger partial charge in [0.2, 0.25) is 0 Å². The average molecular weight is 276 g/mol. The molecule has 100 valence electrons. The number of thiazole rings is 1. The maximum absolute atomic E-state index is 5.60. The zero-order valence-electron chi connectivity index (χ0n) is 11.0. The van der Waals surface area contributed by atoms with Crippen molar-refractivity contribution in [1.82, 2.24) is 10.3 Å². The molecule has 1 atom stereocenters. The van der Waals surface area contributed by atoms with Crippen LogP contribution in [0.15, 0.2) is 23.6 Å². The van der Waals surface area contributed by atoms with Crippen molar-refractivity contribution in [3.63, 3.8) is 0 Å². The zero-order valence-corrected chi connectivity index (χ0v) is 11.8. The molecule has 1 aliphatic rings. The summed E-state index contributed by atoms with van der Waals surface area (Å²) < 4.78 is 11.1. The van der Waals surface area contributed by atoms with E-state index in [9.17, 15) is 0 Å². The second-order valence-electron chi connectivity index (χ2n) is 4.44. The Morgan fingerprint density at radius 1 is 1.26 bits per heavy atom. The van der Waals surface area contributed by atoms with E-state index in [1.807, 2.05) is 25.2 Å². The van der Waals surface area contributed by atoms with E-state index >= 15 is 0 Å². The Kier molecular flexibility index (Phi) is 3.40. The van der Waals surface area contributed by atoms with E-state index in [2.05, 4.69) is 22.6 Å². The smallest absolute Gasteiger partial charge is 0.162 e. The van der Waals surface area contributed by atoms with E-state index in [4.69, 9.17) is 9.47 Å². The van der Waals surface area contributed by atoms with Crippen molar-refractivity contribution in [2.24, 2.45) is 0 Å². The number of aromatic nitrogens is 1. The lowest BCUT2D eigenvalue weighted by atomic mass is 10.1. The molecule has 0 bridgehead atoms. The van der Waals surface area contributed by atoms with Crippen LogP contribution in [-0.2, 0) is 0 Å². The van der Waals surface area contributed by atoms with Crippen molar-refractivity contribution in [2.45, 2.75) is 13.0 Å². The number of benzene rings is 1. The summed E-state index contributed by atoms with van der Waals surface area (Å²) in [5.74, 6) is 1.62. The van der Waals surface area contributed by atoms with Crippen LogP contribution in [0.3, 0.4) is 0 Å². The molecular weight excluding hydrogens is 260 g/mol. The molecule has 1 aromatic heterocycles. The van der Waals surface area contributed by atoms with Crippen molar-refractivity contribution >= 4 is 11.3 Å².